The molecule has 1 aliphatic rings. The van der Waals surface area contributed by atoms with Crippen molar-refractivity contribution in [1.82, 2.24) is 19.7 Å². The van der Waals surface area contributed by atoms with E-state index in [0.717, 1.165) is 25.5 Å². The van der Waals surface area contributed by atoms with Gasteiger partial charge in [-0.25, -0.2) is 9.67 Å². The van der Waals surface area contributed by atoms with Gasteiger partial charge in [0.1, 0.15) is 17.9 Å². The van der Waals surface area contributed by atoms with Crippen LogP contribution in [0.4, 0.5) is 0 Å². The van der Waals surface area contributed by atoms with Crippen LogP contribution in [0, 0.1) is 0 Å². The van der Waals surface area contributed by atoms with Crippen molar-refractivity contribution in [3.05, 3.63) is 12.2 Å². The number of nitrogens with zero attached hydrogens (tertiary/aromatic N) is 4. The van der Waals surface area contributed by atoms with Gasteiger partial charge in [0.25, 0.3) is 0 Å². The second-order valence-electron chi connectivity index (χ2n) is 3.49. The van der Waals surface area contributed by atoms with Crippen LogP contribution in [0.15, 0.2) is 6.33 Å². The number of rotatable bonds is 3. The molecule has 5 nitrogen and oxygen atoms in total. The molecule has 2 heterocycles. The van der Waals surface area contributed by atoms with E-state index in [9.17, 15) is 4.79 Å². The quantitative estimate of drug-likeness (QED) is 0.683. The van der Waals surface area contributed by atoms with Gasteiger partial charge in [-0.1, -0.05) is 0 Å². The molecule has 0 aliphatic carbocycles. The van der Waals surface area contributed by atoms with E-state index in [4.69, 9.17) is 0 Å². The average Bonchev–Trinajstić information content (AvgIpc) is 2.76. The van der Waals surface area contributed by atoms with Gasteiger partial charge < -0.3 is 0 Å². The van der Waals surface area contributed by atoms with E-state index in [2.05, 4.69) is 15.0 Å². The van der Waals surface area contributed by atoms with E-state index in [-0.39, 0.29) is 0 Å². The summed E-state index contributed by atoms with van der Waals surface area (Å²) in [5.41, 5.74) is 0. The number of Topliss-reactive ketones (excluding diaryl/α,β-unsaturated/α-hetero) is 1. The molecule has 1 aromatic rings. The molecule has 1 aliphatic heterocycles. The number of aryl methyl sites for hydroxylation is 1. The minimum atomic E-state index is 0.326. The predicted octanol–water partition coefficient (Wildman–Crippen LogP) is 0.0728. The van der Waals surface area contributed by atoms with Gasteiger partial charge in [-0.05, 0) is 6.92 Å². The Kier molecular flexibility index (Phi) is 2.58. The summed E-state index contributed by atoms with van der Waals surface area (Å²) >= 11 is 0. The van der Waals surface area contributed by atoms with Crippen LogP contribution in [0.25, 0.3) is 0 Å². The number of hydrogen-bond acceptors (Lipinski definition) is 4. The zero-order valence-electron chi connectivity index (χ0n) is 8.31. The smallest absolute Gasteiger partial charge is 0.148 e. The van der Waals surface area contributed by atoms with Crippen LogP contribution in [0.2, 0.25) is 0 Å². The number of ketones is 1. The van der Waals surface area contributed by atoms with Crippen molar-refractivity contribution in [2.45, 2.75) is 26.4 Å². The van der Waals surface area contributed by atoms with Crippen molar-refractivity contribution in [3.8, 4) is 0 Å². The molecule has 5 heteroatoms. The molecule has 2 rings (SSSR count). The Bertz CT molecular complexity index is 333. The minimum absolute atomic E-state index is 0.326. The Morgan fingerprint density at radius 3 is 3.07 bits per heavy atom. The summed E-state index contributed by atoms with van der Waals surface area (Å²) in [5.74, 6) is 1.27. The maximum Gasteiger partial charge on any atom is 0.148 e. The molecule has 1 fully saturated rings. The van der Waals surface area contributed by atoms with Crippen molar-refractivity contribution in [3.63, 3.8) is 0 Å². The lowest BCUT2D eigenvalue weighted by Gasteiger charge is -2.12. The average molecular weight is 194 g/mol. The Balaban J connectivity index is 2.00. The molecule has 1 saturated heterocycles. The van der Waals surface area contributed by atoms with E-state index in [0.29, 0.717) is 18.7 Å². The van der Waals surface area contributed by atoms with Crippen LogP contribution in [0.1, 0.15) is 19.2 Å². The first-order chi connectivity index (χ1) is 6.79. The molecule has 1 aromatic heterocycles. The van der Waals surface area contributed by atoms with E-state index in [1.54, 1.807) is 6.33 Å². The fourth-order valence-corrected chi connectivity index (χ4v) is 1.70. The maximum absolute atomic E-state index is 11.1. The highest BCUT2D eigenvalue weighted by molar-refractivity contribution is 5.82. The lowest BCUT2D eigenvalue weighted by Crippen LogP contribution is -2.22. The highest BCUT2D eigenvalue weighted by Gasteiger charge is 2.20. The summed E-state index contributed by atoms with van der Waals surface area (Å²) < 4.78 is 1.86. The number of carbonyl (C=O) groups excluding carboxylic acids is 1. The van der Waals surface area contributed by atoms with Crippen molar-refractivity contribution in [1.29, 1.82) is 0 Å². The third-order valence-corrected chi connectivity index (χ3v) is 2.47. The molecule has 76 valence electrons. The maximum atomic E-state index is 11.1. The lowest BCUT2D eigenvalue weighted by molar-refractivity contribution is -0.116. The van der Waals surface area contributed by atoms with E-state index in [1.807, 2.05) is 11.6 Å². The third-order valence-electron chi connectivity index (χ3n) is 2.47. The number of hydrogen-bond donors (Lipinski definition) is 0. The summed E-state index contributed by atoms with van der Waals surface area (Å²) in [6.45, 7) is 5.02. The zero-order chi connectivity index (χ0) is 9.97. The molecular formula is C9H14N4O. The van der Waals surface area contributed by atoms with Gasteiger partial charge >= 0.3 is 0 Å². The van der Waals surface area contributed by atoms with Gasteiger partial charge in [0.15, 0.2) is 0 Å². The summed E-state index contributed by atoms with van der Waals surface area (Å²) in [6.07, 6.45) is 2.25. The third kappa shape index (κ3) is 1.82. The number of aromatic nitrogens is 3. The second-order valence-corrected chi connectivity index (χ2v) is 3.49. The van der Waals surface area contributed by atoms with Crippen molar-refractivity contribution < 1.29 is 4.79 Å². The molecule has 0 aromatic carbocycles. The lowest BCUT2D eigenvalue weighted by atomic mass is 10.4. The van der Waals surface area contributed by atoms with E-state index in [1.165, 1.54) is 0 Å². The summed E-state index contributed by atoms with van der Waals surface area (Å²) in [5, 5.41) is 4.09. The molecule has 0 N–H and O–H groups in total. The summed E-state index contributed by atoms with van der Waals surface area (Å²) in [6, 6.07) is 0. The van der Waals surface area contributed by atoms with Crippen LogP contribution >= 0.6 is 0 Å². The highest BCUT2D eigenvalue weighted by atomic mass is 16.1. The SMILES string of the molecule is CCn1ncnc1CN1CCC(=O)C1. The molecule has 0 spiro atoms. The Morgan fingerprint density at radius 1 is 1.57 bits per heavy atom. The van der Waals surface area contributed by atoms with Crippen molar-refractivity contribution in [2.24, 2.45) is 0 Å². The number of likely N-dealkylation sites (tertiary alicyclic amines) is 1. The standard InChI is InChI=1S/C9H14N4O/c1-2-13-9(10-7-11-13)6-12-4-3-8(14)5-12/h7H,2-6H2,1H3. The Labute approximate surface area is 82.7 Å². The minimum Gasteiger partial charge on any atom is -0.298 e. The molecule has 0 unspecified atom stereocenters. The van der Waals surface area contributed by atoms with Crippen LogP contribution in [0.5, 0.6) is 0 Å². The van der Waals surface area contributed by atoms with Gasteiger partial charge in [-0.2, -0.15) is 5.10 Å². The first kappa shape index (κ1) is 9.33. The number of carbonyl (C=O) groups is 1. The summed E-state index contributed by atoms with van der Waals surface area (Å²) in [7, 11) is 0. The van der Waals surface area contributed by atoms with Gasteiger partial charge in [0.2, 0.25) is 0 Å². The van der Waals surface area contributed by atoms with Crippen molar-refractivity contribution >= 4 is 5.78 Å². The van der Waals surface area contributed by atoms with Crippen LogP contribution in [-0.2, 0) is 17.9 Å². The molecule has 14 heavy (non-hydrogen) atoms. The topological polar surface area (TPSA) is 51.0 Å². The van der Waals surface area contributed by atoms with Crippen LogP contribution < -0.4 is 0 Å². The van der Waals surface area contributed by atoms with E-state index < -0.39 is 0 Å². The molecule has 0 amide bonds. The largest absolute Gasteiger partial charge is 0.298 e. The van der Waals surface area contributed by atoms with Crippen LogP contribution in [-0.4, -0.2) is 38.5 Å². The monoisotopic (exact) mass is 194 g/mol. The molecule has 0 saturated carbocycles. The highest BCUT2D eigenvalue weighted by Crippen LogP contribution is 2.08. The predicted molar refractivity (Wildman–Crippen MR) is 50.6 cm³/mol. The molecule has 0 atom stereocenters. The van der Waals surface area contributed by atoms with Gasteiger partial charge in [0, 0.05) is 19.5 Å². The molecule has 0 bridgehead atoms. The second kappa shape index (κ2) is 3.88. The first-order valence-corrected chi connectivity index (χ1v) is 4.90. The fraction of sp³-hybridized carbons (Fsp3) is 0.667. The summed E-state index contributed by atoms with van der Waals surface area (Å²) in [4.78, 5) is 17.3. The Hall–Kier alpha value is -1.23. The normalized spacial score (nSPS) is 17.9. The zero-order valence-corrected chi connectivity index (χ0v) is 8.31. The molecular weight excluding hydrogens is 180 g/mol. The van der Waals surface area contributed by atoms with Gasteiger partial charge in [-0.3, -0.25) is 9.69 Å². The van der Waals surface area contributed by atoms with Crippen LogP contribution in [0.3, 0.4) is 0 Å². The van der Waals surface area contributed by atoms with Gasteiger partial charge in [0.05, 0.1) is 13.1 Å². The van der Waals surface area contributed by atoms with Crippen molar-refractivity contribution in [2.75, 3.05) is 13.1 Å². The molecule has 0 radical (unpaired) electrons. The first-order valence-electron chi connectivity index (χ1n) is 4.90. The Morgan fingerprint density at radius 2 is 2.43 bits per heavy atom. The fourth-order valence-electron chi connectivity index (χ4n) is 1.70. The van der Waals surface area contributed by atoms with Gasteiger partial charge in [-0.15, -0.1) is 0 Å². The van der Waals surface area contributed by atoms with E-state index >= 15 is 0 Å².